The fourth-order valence-electron chi connectivity index (χ4n) is 2.01. The van der Waals surface area contributed by atoms with Crippen LogP contribution in [0.15, 0.2) is 24.3 Å². The molecule has 5 nitrogen and oxygen atoms in total. The SMILES string of the molecule is O=C(O)CNC(=O)CN(Cc1ccccc1F)C1CC1. The third-order valence-electron chi connectivity index (χ3n) is 3.18. The summed E-state index contributed by atoms with van der Waals surface area (Å²) in [4.78, 5) is 23.9. The van der Waals surface area contributed by atoms with Crippen LogP contribution in [0.25, 0.3) is 0 Å². The number of carbonyl (C=O) groups excluding carboxylic acids is 1. The van der Waals surface area contributed by atoms with E-state index in [1.165, 1.54) is 6.07 Å². The van der Waals surface area contributed by atoms with E-state index in [0.29, 0.717) is 12.1 Å². The van der Waals surface area contributed by atoms with Gasteiger partial charge in [-0.05, 0) is 18.9 Å². The lowest BCUT2D eigenvalue weighted by molar-refractivity contribution is -0.138. The quantitative estimate of drug-likeness (QED) is 0.781. The van der Waals surface area contributed by atoms with Crippen LogP contribution in [0.5, 0.6) is 0 Å². The molecule has 0 aromatic heterocycles. The molecule has 0 radical (unpaired) electrons. The number of carboxylic acids is 1. The van der Waals surface area contributed by atoms with Crippen molar-refractivity contribution < 1.29 is 19.1 Å². The maximum absolute atomic E-state index is 13.6. The molecule has 0 saturated heterocycles. The van der Waals surface area contributed by atoms with Gasteiger partial charge in [0.1, 0.15) is 12.4 Å². The molecule has 0 atom stereocenters. The van der Waals surface area contributed by atoms with Crippen molar-refractivity contribution in [2.45, 2.75) is 25.4 Å². The van der Waals surface area contributed by atoms with E-state index < -0.39 is 12.5 Å². The lowest BCUT2D eigenvalue weighted by Gasteiger charge is -2.21. The number of nitrogens with one attached hydrogen (secondary N) is 1. The van der Waals surface area contributed by atoms with Crippen LogP contribution in [-0.4, -0.2) is 41.0 Å². The first-order valence-corrected chi connectivity index (χ1v) is 6.52. The van der Waals surface area contributed by atoms with Gasteiger partial charge in [0.2, 0.25) is 5.91 Å². The van der Waals surface area contributed by atoms with E-state index >= 15 is 0 Å². The molecule has 1 saturated carbocycles. The van der Waals surface area contributed by atoms with E-state index in [9.17, 15) is 14.0 Å². The highest BCUT2D eigenvalue weighted by Gasteiger charge is 2.30. The lowest BCUT2D eigenvalue weighted by atomic mass is 10.2. The molecular formula is C14H17FN2O3. The van der Waals surface area contributed by atoms with Crippen LogP contribution >= 0.6 is 0 Å². The van der Waals surface area contributed by atoms with E-state index in [1.807, 2.05) is 4.90 Å². The predicted molar refractivity (Wildman–Crippen MR) is 70.5 cm³/mol. The van der Waals surface area contributed by atoms with Crippen molar-refractivity contribution >= 4 is 11.9 Å². The van der Waals surface area contributed by atoms with Crippen LogP contribution < -0.4 is 5.32 Å². The molecule has 0 spiro atoms. The first-order chi connectivity index (χ1) is 9.56. The highest BCUT2D eigenvalue weighted by molar-refractivity contribution is 5.82. The van der Waals surface area contributed by atoms with Gasteiger partial charge in [-0.3, -0.25) is 14.5 Å². The Morgan fingerprint density at radius 3 is 2.65 bits per heavy atom. The molecular weight excluding hydrogens is 263 g/mol. The van der Waals surface area contributed by atoms with Crippen LogP contribution in [0, 0.1) is 5.82 Å². The summed E-state index contributed by atoms with van der Waals surface area (Å²) in [6.07, 6.45) is 1.97. The summed E-state index contributed by atoms with van der Waals surface area (Å²) < 4.78 is 13.6. The first kappa shape index (κ1) is 14.5. The summed E-state index contributed by atoms with van der Waals surface area (Å²) in [5.41, 5.74) is 0.547. The van der Waals surface area contributed by atoms with Crippen molar-refractivity contribution in [3.63, 3.8) is 0 Å². The molecule has 0 bridgehead atoms. The highest BCUT2D eigenvalue weighted by Crippen LogP contribution is 2.28. The van der Waals surface area contributed by atoms with Crippen molar-refractivity contribution in [3.05, 3.63) is 35.6 Å². The number of aliphatic carboxylic acids is 1. The fourth-order valence-corrected chi connectivity index (χ4v) is 2.01. The smallest absolute Gasteiger partial charge is 0.322 e. The Morgan fingerprint density at radius 1 is 1.35 bits per heavy atom. The summed E-state index contributed by atoms with van der Waals surface area (Å²) in [5.74, 6) is -1.72. The molecule has 20 heavy (non-hydrogen) atoms. The van der Waals surface area contributed by atoms with E-state index in [1.54, 1.807) is 18.2 Å². The minimum absolute atomic E-state index is 0.0896. The number of nitrogens with zero attached hydrogens (tertiary/aromatic N) is 1. The maximum Gasteiger partial charge on any atom is 0.322 e. The van der Waals surface area contributed by atoms with Crippen molar-refractivity contribution in [1.82, 2.24) is 10.2 Å². The fraction of sp³-hybridized carbons (Fsp3) is 0.429. The van der Waals surface area contributed by atoms with Gasteiger partial charge in [-0.1, -0.05) is 18.2 Å². The van der Waals surface area contributed by atoms with Crippen molar-refractivity contribution in [1.29, 1.82) is 0 Å². The Bertz CT molecular complexity index is 503. The summed E-state index contributed by atoms with van der Waals surface area (Å²) in [7, 11) is 0. The summed E-state index contributed by atoms with van der Waals surface area (Å²) >= 11 is 0. The molecule has 0 heterocycles. The van der Waals surface area contributed by atoms with Crippen LogP contribution in [0.1, 0.15) is 18.4 Å². The Labute approximate surface area is 116 Å². The van der Waals surface area contributed by atoms with Crippen LogP contribution in [-0.2, 0) is 16.1 Å². The van der Waals surface area contributed by atoms with Gasteiger partial charge >= 0.3 is 5.97 Å². The number of halogens is 1. The monoisotopic (exact) mass is 280 g/mol. The second kappa shape index (κ2) is 6.47. The molecule has 1 aromatic rings. The predicted octanol–water partition coefficient (Wildman–Crippen LogP) is 0.991. The third-order valence-corrected chi connectivity index (χ3v) is 3.18. The van der Waals surface area contributed by atoms with Gasteiger partial charge in [-0.2, -0.15) is 0 Å². The average molecular weight is 280 g/mol. The zero-order chi connectivity index (χ0) is 14.5. The normalized spacial score (nSPS) is 14.3. The molecule has 108 valence electrons. The van der Waals surface area contributed by atoms with E-state index in [4.69, 9.17) is 5.11 Å². The molecule has 2 rings (SSSR count). The summed E-state index contributed by atoms with van der Waals surface area (Å²) in [6.45, 7) is 0.0567. The van der Waals surface area contributed by atoms with Gasteiger partial charge in [0, 0.05) is 18.2 Å². The molecule has 1 aliphatic carbocycles. The topological polar surface area (TPSA) is 69.6 Å². The number of hydrogen-bond acceptors (Lipinski definition) is 3. The first-order valence-electron chi connectivity index (χ1n) is 6.52. The number of carboxylic acid groups (broad SMARTS) is 1. The van der Waals surface area contributed by atoms with Gasteiger partial charge in [-0.25, -0.2) is 4.39 Å². The molecule has 1 amide bonds. The van der Waals surface area contributed by atoms with E-state index in [-0.39, 0.29) is 24.3 Å². The number of carbonyl (C=O) groups is 2. The largest absolute Gasteiger partial charge is 0.480 e. The van der Waals surface area contributed by atoms with Gasteiger partial charge < -0.3 is 10.4 Å². The van der Waals surface area contributed by atoms with Crippen molar-refractivity contribution in [2.24, 2.45) is 0 Å². The number of amides is 1. The second-order valence-electron chi connectivity index (χ2n) is 4.90. The molecule has 1 aliphatic rings. The lowest BCUT2D eigenvalue weighted by Crippen LogP contribution is -2.40. The maximum atomic E-state index is 13.6. The highest BCUT2D eigenvalue weighted by atomic mass is 19.1. The Morgan fingerprint density at radius 2 is 2.05 bits per heavy atom. The Hall–Kier alpha value is -1.95. The van der Waals surface area contributed by atoms with Crippen molar-refractivity contribution in [2.75, 3.05) is 13.1 Å². The van der Waals surface area contributed by atoms with E-state index in [0.717, 1.165) is 12.8 Å². The minimum Gasteiger partial charge on any atom is -0.480 e. The van der Waals surface area contributed by atoms with Crippen LogP contribution in [0.2, 0.25) is 0 Å². The van der Waals surface area contributed by atoms with Crippen LogP contribution in [0.3, 0.4) is 0 Å². The van der Waals surface area contributed by atoms with Gasteiger partial charge in [0.25, 0.3) is 0 Å². The number of rotatable bonds is 7. The zero-order valence-electron chi connectivity index (χ0n) is 11.0. The molecule has 1 fully saturated rings. The average Bonchev–Trinajstić information content (AvgIpc) is 3.22. The molecule has 2 N–H and O–H groups in total. The Kier molecular flexibility index (Phi) is 4.68. The van der Waals surface area contributed by atoms with Gasteiger partial charge in [0.15, 0.2) is 0 Å². The van der Waals surface area contributed by atoms with Crippen LogP contribution in [0.4, 0.5) is 4.39 Å². The Balaban J connectivity index is 1.92. The van der Waals surface area contributed by atoms with Gasteiger partial charge in [0.05, 0.1) is 6.54 Å². The number of benzene rings is 1. The molecule has 1 aromatic carbocycles. The second-order valence-corrected chi connectivity index (χ2v) is 4.90. The minimum atomic E-state index is -1.08. The molecule has 0 aliphatic heterocycles. The number of hydrogen-bond donors (Lipinski definition) is 2. The standard InChI is InChI=1S/C14H17FN2O3/c15-12-4-2-1-3-10(12)8-17(11-5-6-11)9-13(18)16-7-14(19)20/h1-4,11H,5-9H2,(H,16,18)(H,19,20). The zero-order valence-corrected chi connectivity index (χ0v) is 11.0. The van der Waals surface area contributed by atoms with Gasteiger partial charge in [-0.15, -0.1) is 0 Å². The van der Waals surface area contributed by atoms with E-state index in [2.05, 4.69) is 5.32 Å². The molecule has 0 unspecified atom stereocenters. The molecule has 6 heteroatoms. The summed E-state index contributed by atoms with van der Waals surface area (Å²) in [5, 5.41) is 10.8. The van der Waals surface area contributed by atoms with Crippen molar-refractivity contribution in [3.8, 4) is 0 Å². The third kappa shape index (κ3) is 4.31. The summed E-state index contributed by atoms with van der Waals surface area (Å²) in [6, 6.07) is 6.75.